The number of nitrogens with zero attached hydrogens (tertiary/aromatic N) is 3. The molecule has 4 nitrogen and oxygen atoms in total. The molecule has 1 saturated carbocycles. The molecule has 1 aliphatic carbocycles. The zero-order valence-corrected chi connectivity index (χ0v) is 8.98. The number of likely N-dealkylation sites (N-methyl/N-ethyl adjacent to an activating group) is 1. The lowest BCUT2D eigenvalue weighted by atomic mass is 9.90. The number of nitrogens with one attached hydrogen (secondary N) is 1. The van der Waals surface area contributed by atoms with E-state index in [2.05, 4.69) is 16.5 Å². The molecular weight excluding hydrogens is 188 g/mol. The highest BCUT2D eigenvalue weighted by atomic mass is 15.3. The van der Waals surface area contributed by atoms with E-state index < -0.39 is 0 Å². The molecule has 1 fully saturated rings. The fourth-order valence-corrected chi connectivity index (χ4v) is 2.34. The molecule has 0 spiro atoms. The molecule has 80 valence electrons. The summed E-state index contributed by atoms with van der Waals surface area (Å²) in [4.78, 5) is 0. The molecular formula is C11H16N4. The zero-order chi connectivity index (χ0) is 10.7. The van der Waals surface area contributed by atoms with E-state index in [1.807, 2.05) is 17.9 Å². The van der Waals surface area contributed by atoms with Gasteiger partial charge in [0.15, 0.2) is 0 Å². The molecule has 15 heavy (non-hydrogen) atoms. The van der Waals surface area contributed by atoms with Crippen molar-refractivity contribution in [3.63, 3.8) is 0 Å². The summed E-state index contributed by atoms with van der Waals surface area (Å²) in [6.07, 6.45) is 8.38. The summed E-state index contributed by atoms with van der Waals surface area (Å²) < 4.78 is 1.94. The van der Waals surface area contributed by atoms with Crippen molar-refractivity contribution in [2.45, 2.75) is 37.8 Å². The molecule has 1 N–H and O–H groups in total. The first-order valence-electron chi connectivity index (χ1n) is 5.46. The Kier molecular flexibility index (Phi) is 3.02. The molecule has 1 heterocycles. The second-order valence-corrected chi connectivity index (χ2v) is 4.07. The van der Waals surface area contributed by atoms with Gasteiger partial charge in [-0.05, 0) is 19.9 Å². The number of hydrogen-bond donors (Lipinski definition) is 1. The summed E-state index contributed by atoms with van der Waals surface area (Å²) in [7, 11) is 2.00. The minimum Gasteiger partial charge on any atom is -0.315 e. The third-order valence-electron chi connectivity index (χ3n) is 3.17. The van der Waals surface area contributed by atoms with E-state index in [4.69, 9.17) is 5.26 Å². The van der Waals surface area contributed by atoms with Gasteiger partial charge < -0.3 is 5.32 Å². The third kappa shape index (κ3) is 2.02. The summed E-state index contributed by atoms with van der Waals surface area (Å²) in [5, 5.41) is 16.4. The Hall–Kier alpha value is -1.34. The van der Waals surface area contributed by atoms with Crippen LogP contribution in [0.5, 0.6) is 0 Å². The first kappa shape index (κ1) is 10.2. The van der Waals surface area contributed by atoms with Gasteiger partial charge in [0.05, 0.1) is 17.8 Å². The predicted molar refractivity (Wildman–Crippen MR) is 57.3 cm³/mol. The predicted octanol–water partition coefficient (Wildman–Crippen LogP) is 1.46. The quantitative estimate of drug-likeness (QED) is 0.793. The minimum atomic E-state index is 0.408. The van der Waals surface area contributed by atoms with E-state index in [0.29, 0.717) is 17.6 Å². The molecule has 0 amide bonds. The summed E-state index contributed by atoms with van der Waals surface area (Å²) in [6, 6.07) is 3.01. The SMILES string of the molecule is CNC1CCCCC1n1cc(C#N)cn1. The van der Waals surface area contributed by atoms with Crippen LogP contribution >= 0.6 is 0 Å². The molecule has 1 aromatic heterocycles. The van der Waals surface area contributed by atoms with Crippen LogP contribution in [-0.4, -0.2) is 22.9 Å². The number of rotatable bonds is 2. The molecule has 0 aliphatic heterocycles. The van der Waals surface area contributed by atoms with Gasteiger partial charge in [-0.2, -0.15) is 10.4 Å². The first-order chi connectivity index (χ1) is 7.35. The van der Waals surface area contributed by atoms with Gasteiger partial charge in [0.1, 0.15) is 6.07 Å². The Labute approximate surface area is 89.9 Å². The lowest BCUT2D eigenvalue weighted by Gasteiger charge is -2.31. The van der Waals surface area contributed by atoms with Gasteiger partial charge in [0.25, 0.3) is 0 Å². The normalized spacial score (nSPS) is 26.1. The van der Waals surface area contributed by atoms with Crippen LogP contribution < -0.4 is 5.32 Å². The molecule has 1 aliphatic rings. The second kappa shape index (κ2) is 4.45. The van der Waals surface area contributed by atoms with Crippen LogP contribution in [0, 0.1) is 11.3 Å². The Morgan fingerprint density at radius 1 is 1.53 bits per heavy atom. The van der Waals surface area contributed by atoms with Gasteiger partial charge in [-0.25, -0.2) is 0 Å². The number of aromatic nitrogens is 2. The highest BCUT2D eigenvalue weighted by molar-refractivity contribution is 5.22. The molecule has 0 aromatic carbocycles. The molecule has 2 unspecified atom stereocenters. The van der Waals surface area contributed by atoms with Crippen molar-refractivity contribution in [3.05, 3.63) is 18.0 Å². The van der Waals surface area contributed by atoms with Crippen LogP contribution in [0.2, 0.25) is 0 Å². The van der Waals surface area contributed by atoms with Crippen molar-refractivity contribution in [3.8, 4) is 6.07 Å². The summed E-state index contributed by atoms with van der Waals surface area (Å²) >= 11 is 0. The van der Waals surface area contributed by atoms with E-state index in [0.717, 1.165) is 6.42 Å². The van der Waals surface area contributed by atoms with Gasteiger partial charge >= 0.3 is 0 Å². The minimum absolute atomic E-state index is 0.408. The highest BCUT2D eigenvalue weighted by Crippen LogP contribution is 2.27. The van der Waals surface area contributed by atoms with Crippen LogP contribution in [-0.2, 0) is 0 Å². The molecule has 0 saturated heterocycles. The van der Waals surface area contributed by atoms with E-state index in [9.17, 15) is 0 Å². The summed E-state index contributed by atoms with van der Waals surface area (Å²) in [5.41, 5.74) is 0.649. The average molecular weight is 204 g/mol. The van der Waals surface area contributed by atoms with Gasteiger partial charge in [0.2, 0.25) is 0 Å². The smallest absolute Gasteiger partial charge is 0.102 e. The van der Waals surface area contributed by atoms with Crippen molar-refractivity contribution in [2.24, 2.45) is 0 Å². The van der Waals surface area contributed by atoms with E-state index >= 15 is 0 Å². The Morgan fingerprint density at radius 3 is 3.00 bits per heavy atom. The van der Waals surface area contributed by atoms with Crippen LogP contribution in [0.15, 0.2) is 12.4 Å². The first-order valence-corrected chi connectivity index (χ1v) is 5.46. The molecule has 0 bridgehead atoms. The lowest BCUT2D eigenvalue weighted by molar-refractivity contribution is 0.257. The second-order valence-electron chi connectivity index (χ2n) is 4.07. The van der Waals surface area contributed by atoms with Crippen molar-refractivity contribution >= 4 is 0 Å². The maximum Gasteiger partial charge on any atom is 0.102 e. The fraction of sp³-hybridized carbons (Fsp3) is 0.636. The molecule has 2 rings (SSSR count). The highest BCUT2D eigenvalue weighted by Gasteiger charge is 2.25. The Morgan fingerprint density at radius 2 is 2.33 bits per heavy atom. The van der Waals surface area contributed by atoms with Crippen LogP contribution in [0.25, 0.3) is 0 Å². The van der Waals surface area contributed by atoms with Gasteiger partial charge in [-0.1, -0.05) is 12.8 Å². The lowest BCUT2D eigenvalue weighted by Crippen LogP contribution is -2.37. The van der Waals surface area contributed by atoms with E-state index in [1.165, 1.54) is 19.3 Å². The Bertz CT molecular complexity index is 363. The standard InChI is InChI=1S/C11H16N4/c1-13-10-4-2-3-5-11(10)15-8-9(6-12)7-14-15/h7-8,10-11,13H,2-5H2,1H3. The molecule has 1 aromatic rings. The van der Waals surface area contributed by atoms with Gasteiger partial charge in [0, 0.05) is 12.2 Å². The third-order valence-corrected chi connectivity index (χ3v) is 3.17. The van der Waals surface area contributed by atoms with Crippen molar-refractivity contribution < 1.29 is 0 Å². The van der Waals surface area contributed by atoms with Crippen LogP contribution in [0.4, 0.5) is 0 Å². The van der Waals surface area contributed by atoms with Crippen LogP contribution in [0.3, 0.4) is 0 Å². The van der Waals surface area contributed by atoms with Crippen molar-refractivity contribution in [1.82, 2.24) is 15.1 Å². The van der Waals surface area contributed by atoms with Crippen molar-refractivity contribution in [1.29, 1.82) is 5.26 Å². The van der Waals surface area contributed by atoms with Crippen molar-refractivity contribution in [2.75, 3.05) is 7.05 Å². The van der Waals surface area contributed by atoms with E-state index in [-0.39, 0.29) is 0 Å². The largest absolute Gasteiger partial charge is 0.315 e. The van der Waals surface area contributed by atoms with Gasteiger partial charge in [-0.3, -0.25) is 4.68 Å². The summed E-state index contributed by atoms with van der Waals surface area (Å²) in [6.45, 7) is 0. The number of nitriles is 1. The van der Waals surface area contributed by atoms with Gasteiger partial charge in [-0.15, -0.1) is 0 Å². The fourth-order valence-electron chi connectivity index (χ4n) is 2.34. The monoisotopic (exact) mass is 204 g/mol. The summed E-state index contributed by atoms with van der Waals surface area (Å²) in [5.74, 6) is 0. The molecule has 0 radical (unpaired) electrons. The maximum absolute atomic E-state index is 8.75. The molecule has 4 heteroatoms. The molecule has 2 atom stereocenters. The van der Waals surface area contributed by atoms with Crippen LogP contribution in [0.1, 0.15) is 37.3 Å². The Balaban J connectivity index is 2.17. The maximum atomic E-state index is 8.75. The zero-order valence-electron chi connectivity index (χ0n) is 8.98. The van der Waals surface area contributed by atoms with E-state index in [1.54, 1.807) is 6.20 Å². The average Bonchev–Trinajstić information content (AvgIpc) is 2.77. The topological polar surface area (TPSA) is 53.6 Å². The number of hydrogen-bond acceptors (Lipinski definition) is 3.